The number of alkyl halides is 1. The average Bonchev–Trinajstić information content (AvgIpc) is 3.39. The van der Waals surface area contributed by atoms with E-state index in [-0.39, 0.29) is 13.1 Å². The van der Waals surface area contributed by atoms with Gasteiger partial charge in [0.15, 0.2) is 17.0 Å². The largest absolute Gasteiger partial charge is 0.478 e. The number of anilines is 3. The molecule has 0 aliphatic carbocycles. The van der Waals surface area contributed by atoms with Crippen molar-refractivity contribution in [1.29, 1.82) is 0 Å². The zero-order chi connectivity index (χ0) is 21.4. The molecule has 158 valence electrons. The van der Waals surface area contributed by atoms with Gasteiger partial charge in [-0.2, -0.15) is 9.97 Å². The number of methoxy groups -OCH3 is 1. The molecule has 0 spiro atoms. The van der Waals surface area contributed by atoms with Crippen molar-refractivity contribution in [3.05, 3.63) is 25.2 Å². The van der Waals surface area contributed by atoms with Crippen LogP contribution in [0.3, 0.4) is 0 Å². The first-order chi connectivity index (χ1) is 14.4. The molecule has 12 heteroatoms. The first-order valence-corrected chi connectivity index (χ1v) is 9.25. The number of aryl methyl sites for hydroxylation is 2. The van der Waals surface area contributed by atoms with E-state index < -0.39 is 18.1 Å². The van der Waals surface area contributed by atoms with Gasteiger partial charge in [0.1, 0.15) is 11.9 Å². The van der Waals surface area contributed by atoms with E-state index in [0.717, 1.165) is 6.08 Å². The van der Waals surface area contributed by atoms with Gasteiger partial charge in [-0.25, -0.2) is 9.37 Å². The maximum Gasteiger partial charge on any atom is 0.256 e. The first-order valence-electron chi connectivity index (χ1n) is 9.25. The predicted octanol–water partition coefficient (Wildman–Crippen LogP) is 0.678. The Hall–Kier alpha value is -3.70. The number of aromatic nitrogens is 6. The molecule has 0 radical (unpaired) electrons. The molecule has 1 unspecified atom stereocenters. The summed E-state index contributed by atoms with van der Waals surface area (Å²) in [4.78, 5) is 26.8. The number of rotatable bonds is 6. The molecular weight excluding hydrogens is 393 g/mol. The van der Waals surface area contributed by atoms with Crippen molar-refractivity contribution >= 4 is 34.5 Å². The Morgan fingerprint density at radius 2 is 2.17 bits per heavy atom. The van der Waals surface area contributed by atoms with E-state index in [9.17, 15) is 9.18 Å². The molecule has 3 aromatic rings. The minimum Gasteiger partial charge on any atom is -0.478 e. The number of nitrogens with one attached hydrogen (secondary N) is 2. The molecule has 1 amide bonds. The molecule has 30 heavy (non-hydrogen) atoms. The van der Waals surface area contributed by atoms with Gasteiger partial charge in [-0.3, -0.25) is 9.48 Å². The number of carbonyl (C=O) groups excluding carboxylic acids is 1. The lowest BCUT2D eigenvalue weighted by molar-refractivity contribution is -0.117. The van der Waals surface area contributed by atoms with E-state index in [0.29, 0.717) is 34.5 Å². The summed E-state index contributed by atoms with van der Waals surface area (Å²) in [5.41, 5.74) is 1.75. The van der Waals surface area contributed by atoms with E-state index in [4.69, 9.17) is 4.74 Å². The molecule has 2 N–H and O–H groups in total. The third-order valence-corrected chi connectivity index (χ3v) is 4.83. The molecule has 0 aromatic carbocycles. The Morgan fingerprint density at radius 3 is 2.90 bits per heavy atom. The Kier molecular flexibility index (Phi) is 4.98. The van der Waals surface area contributed by atoms with E-state index in [1.54, 1.807) is 33.7 Å². The van der Waals surface area contributed by atoms with Gasteiger partial charge in [0.2, 0.25) is 11.9 Å². The number of carbonyl (C=O) groups is 1. The van der Waals surface area contributed by atoms with Crippen LogP contribution < -0.4 is 20.3 Å². The highest BCUT2D eigenvalue weighted by Gasteiger charge is 2.35. The smallest absolute Gasteiger partial charge is 0.256 e. The molecule has 1 aliphatic rings. The fourth-order valence-electron chi connectivity index (χ4n) is 3.36. The van der Waals surface area contributed by atoms with Crippen molar-refractivity contribution < 1.29 is 13.9 Å². The lowest BCUT2D eigenvalue weighted by Crippen LogP contribution is -2.40. The molecule has 2 atom stereocenters. The molecule has 4 rings (SSSR count). The van der Waals surface area contributed by atoms with Gasteiger partial charge in [0.05, 0.1) is 32.2 Å². The summed E-state index contributed by atoms with van der Waals surface area (Å²) < 4.78 is 23.2. The Morgan fingerprint density at radius 1 is 1.37 bits per heavy atom. The molecule has 11 nitrogen and oxygen atoms in total. The van der Waals surface area contributed by atoms with Crippen LogP contribution in [0.2, 0.25) is 0 Å². The number of hydrogen-bond acceptors (Lipinski definition) is 8. The normalized spacial score (nSPS) is 18.6. The Bertz CT molecular complexity index is 1110. The van der Waals surface area contributed by atoms with Gasteiger partial charge in [-0.15, -0.1) is 5.10 Å². The molecule has 4 heterocycles. The first kappa shape index (κ1) is 19.6. The van der Waals surface area contributed by atoms with Crippen LogP contribution in [0.4, 0.5) is 21.8 Å². The van der Waals surface area contributed by atoms with E-state index in [1.807, 2.05) is 7.05 Å². The third kappa shape index (κ3) is 3.51. The Balaban J connectivity index is 1.69. The fraction of sp³-hybridized carbons (Fsp3) is 0.389. The number of nitrogens with zero attached hydrogens (tertiary/aromatic N) is 7. The zero-order valence-corrected chi connectivity index (χ0v) is 16.8. The molecule has 1 fully saturated rings. The van der Waals surface area contributed by atoms with Crippen molar-refractivity contribution in [3.8, 4) is 5.88 Å². The van der Waals surface area contributed by atoms with Crippen molar-refractivity contribution in [1.82, 2.24) is 34.6 Å². The van der Waals surface area contributed by atoms with Crippen molar-refractivity contribution in [3.63, 3.8) is 0 Å². The van der Waals surface area contributed by atoms with Crippen molar-refractivity contribution in [2.45, 2.75) is 12.2 Å². The van der Waals surface area contributed by atoms with Gasteiger partial charge >= 0.3 is 0 Å². The summed E-state index contributed by atoms with van der Waals surface area (Å²) in [6.07, 6.45) is 3.25. The summed E-state index contributed by atoms with van der Waals surface area (Å²) in [6.45, 7) is 3.69. The van der Waals surface area contributed by atoms with Crippen molar-refractivity contribution in [2.75, 3.05) is 30.4 Å². The maximum absolute atomic E-state index is 14.5. The molecule has 1 saturated heterocycles. The van der Waals surface area contributed by atoms with Gasteiger partial charge in [0.25, 0.3) is 5.88 Å². The topological polar surface area (TPSA) is 115 Å². The zero-order valence-electron chi connectivity index (χ0n) is 16.8. The lowest BCUT2D eigenvalue weighted by Gasteiger charge is -2.17. The maximum atomic E-state index is 14.5. The van der Waals surface area contributed by atoms with E-state index in [2.05, 4.69) is 37.3 Å². The van der Waals surface area contributed by atoms with Crippen LogP contribution in [0.5, 0.6) is 5.88 Å². The second kappa shape index (κ2) is 7.61. The SMILES string of the molecule is C=CC(=O)N[C@@H]1CN(c2nc(Nc3cn(C)nc3OC)c3ncn(C)c3n2)CC1F. The van der Waals surface area contributed by atoms with E-state index in [1.165, 1.54) is 7.11 Å². The summed E-state index contributed by atoms with van der Waals surface area (Å²) in [5, 5.41) is 10.0. The highest BCUT2D eigenvalue weighted by Crippen LogP contribution is 2.30. The molecule has 0 bridgehead atoms. The van der Waals surface area contributed by atoms with Crippen molar-refractivity contribution in [2.24, 2.45) is 14.1 Å². The van der Waals surface area contributed by atoms with Gasteiger partial charge < -0.3 is 24.8 Å². The summed E-state index contributed by atoms with van der Waals surface area (Å²) in [6, 6.07) is -0.670. The predicted molar refractivity (Wildman–Crippen MR) is 109 cm³/mol. The standard InChI is InChI=1S/C18H22FN9O2/c1-5-13(29)21-11-8-28(6-10(11)19)18-23-15(14-16(24-18)26(2)9-20-14)22-12-7-27(3)25-17(12)30-4/h5,7,9-11H,1,6,8H2,2-4H3,(H,21,29)(H,22,23,24)/t10?,11-/m1/s1. The summed E-state index contributed by atoms with van der Waals surface area (Å²) >= 11 is 0. The van der Waals surface area contributed by atoms with Crippen LogP contribution in [0.15, 0.2) is 25.2 Å². The monoisotopic (exact) mass is 415 g/mol. The number of ether oxygens (including phenoxy) is 1. The molecule has 3 aromatic heterocycles. The second-order valence-corrected chi connectivity index (χ2v) is 6.99. The highest BCUT2D eigenvalue weighted by molar-refractivity contribution is 5.88. The average molecular weight is 415 g/mol. The fourth-order valence-corrected chi connectivity index (χ4v) is 3.36. The minimum absolute atomic E-state index is 0.0566. The van der Waals surface area contributed by atoms with E-state index >= 15 is 0 Å². The Labute approximate surface area is 171 Å². The summed E-state index contributed by atoms with van der Waals surface area (Å²) in [5.74, 6) is 0.753. The number of hydrogen-bond donors (Lipinski definition) is 2. The van der Waals surface area contributed by atoms with Gasteiger partial charge in [-0.05, 0) is 6.08 Å². The van der Waals surface area contributed by atoms with Crippen LogP contribution in [0.1, 0.15) is 0 Å². The second-order valence-electron chi connectivity index (χ2n) is 6.99. The van der Waals surface area contributed by atoms with Crippen LogP contribution in [0, 0.1) is 0 Å². The molecule has 1 aliphatic heterocycles. The van der Waals surface area contributed by atoms with Crippen LogP contribution in [0.25, 0.3) is 11.2 Å². The lowest BCUT2D eigenvalue weighted by atomic mass is 10.2. The minimum atomic E-state index is -1.26. The third-order valence-electron chi connectivity index (χ3n) is 4.83. The van der Waals surface area contributed by atoms with Crippen LogP contribution in [-0.2, 0) is 18.9 Å². The number of amides is 1. The number of fused-ring (bicyclic) bond motifs is 1. The quantitative estimate of drug-likeness (QED) is 0.565. The van der Waals surface area contributed by atoms with Gasteiger partial charge in [0, 0.05) is 20.6 Å². The van der Waals surface area contributed by atoms with Crippen LogP contribution >= 0.6 is 0 Å². The van der Waals surface area contributed by atoms with Gasteiger partial charge in [-0.1, -0.05) is 6.58 Å². The molecular formula is C18H22FN9O2. The highest BCUT2D eigenvalue weighted by atomic mass is 19.1. The summed E-state index contributed by atoms with van der Waals surface area (Å²) in [7, 11) is 5.12. The van der Waals surface area contributed by atoms with Crippen LogP contribution in [-0.4, -0.2) is 67.6 Å². The molecule has 0 saturated carbocycles. The number of halogens is 1. The number of imidazole rings is 1.